The standard InChI is InChI=1S/C16H20N4O3/c1-22-14-9-12(10-15(11-14)23-2)16(21)19-7-3-13(4-8-19)20-17-5-6-18-20/h5-6,9-11,13H,3-4,7-8H2,1-2H3. The first-order chi connectivity index (χ1) is 11.2. The molecule has 0 radical (unpaired) electrons. The van der Waals surface area contributed by atoms with E-state index in [1.54, 1.807) is 49.6 Å². The molecule has 0 bridgehead atoms. The van der Waals surface area contributed by atoms with Crippen LogP contribution in [0.3, 0.4) is 0 Å². The van der Waals surface area contributed by atoms with Gasteiger partial charge in [0.05, 0.1) is 32.7 Å². The van der Waals surface area contributed by atoms with Crippen LogP contribution in [0.4, 0.5) is 0 Å². The fourth-order valence-corrected chi connectivity index (χ4v) is 2.83. The summed E-state index contributed by atoms with van der Waals surface area (Å²) < 4.78 is 10.5. The van der Waals surface area contributed by atoms with E-state index in [0.717, 1.165) is 12.8 Å². The molecule has 7 heteroatoms. The van der Waals surface area contributed by atoms with Crippen LogP contribution in [-0.2, 0) is 0 Å². The van der Waals surface area contributed by atoms with Gasteiger partial charge in [-0.1, -0.05) is 0 Å². The first-order valence-corrected chi connectivity index (χ1v) is 7.59. The molecule has 1 saturated heterocycles. The number of nitrogens with zero attached hydrogens (tertiary/aromatic N) is 4. The molecule has 1 fully saturated rings. The number of ether oxygens (including phenoxy) is 2. The predicted molar refractivity (Wildman–Crippen MR) is 83.7 cm³/mol. The second-order valence-electron chi connectivity index (χ2n) is 5.47. The number of benzene rings is 1. The van der Waals surface area contributed by atoms with Crippen molar-refractivity contribution in [1.29, 1.82) is 0 Å². The Kier molecular flexibility index (Phi) is 4.45. The quantitative estimate of drug-likeness (QED) is 0.860. The third kappa shape index (κ3) is 3.28. The summed E-state index contributed by atoms with van der Waals surface area (Å²) in [6, 6.07) is 5.50. The molecule has 1 amide bonds. The lowest BCUT2D eigenvalue weighted by molar-refractivity contribution is 0.0683. The maximum Gasteiger partial charge on any atom is 0.254 e. The third-order valence-electron chi connectivity index (χ3n) is 4.11. The van der Waals surface area contributed by atoms with E-state index in [2.05, 4.69) is 10.2 Å². The highest BCUT2D eigenvalue weighted by atomic mass is 16.5. The lowest BCUT2D eigenvalue weighted by Crippen LogP contribution is -2.39. The van der Waals surface area contributed by atoms with Gasteiger partial charge >= 0.3 is 0 Å². The van der Waals surface area contributed by atoms with Gasteiger partial charge in [0.25, 0.3) is 5.91 Å². The Bertz CT molecular complexity index is 642. The van der Waals surface area contributed by atoms with Gasteiger partial charge in [0, 0.05) is 24.7 Å². The van der Waals surface area contributed by atoms with Crippen LogP contribution < -0.4 is 9.47 Å². The van der Waals surface area contributed by atoms with E-state index < -0.39 is 0 Å². The molecule has 23 heavy (non-hydrogen) atoms. The normalized spacial score (nSPS) is 15.5. The summed E-state index contributed by atoms with van der Waals surface area (Å²) in [5.41, 5.74) is 0.580. The van der Waals surface area contributed by atoms with Crippen LogP contribution >= 0.6 is 0 Å². The number of aromatic nitrogens is 3. The summed E-state index contributed by atoms with van der Waals surface area (Å²) in [7, 11) is 3.15. The van der Waals surface area contributed by atoms with Crippen LogP contribution in [-0.4, -0.2) is 53.1 Å². The number of likely N-dealkylation sites (tertiary alicyclic amines) is 1. The van der Waals surface area contributed by atoms with Crippen LogP contribution in [0.25, 0.3) is 0 Å². The minimum atomic E-state index is -0.00549. The molecule has 1 aromatic carbocycles. The minimum Gasteiger partial charge on any atom is -0.497 e. The zero-order valence-corrected chi connectivity index (χ0v) is 13.3. The summed E-state index contributed by atoms with van der Waals surface area (Å²) in [5, 5.41) is 8.36. The second kappa shape index (κ2) is 6.68. The van der Waals surface area contributed by atoms with E-state index in [1.807, 2.05) is 4.90 Å². The molecule has 1 aromatic heterocycles. The Morgan fingerprint density at radius 2 is 1.61 bits per heavy atom. The zero-order chi connectivity index (χ0) is 16.2. The highest BCUT2D eigenvalue weighted by molar-refractivity contribution is 5.95. The molecule has 0 atom stereocenters. The molecule has 0 spiro atoms. The van der Waals surface area contributed by atoms with Crippen molar-refractivity contribution >= 4 is 5.91 Å². The molecule has 1 aliphatic rings. The highest BCUT2D eigenvalue weighted by Gasteiger charge is 2.26. The van der Waals surface area contributed by atoms with Crippen molar-refractivity contribution in [3.05, 3.63) is 36.2 Å². The third-order valence-corrected chi connectivity index (χ3v) is 4.11. The molecule has 1 aliphatic heterocycles. The largest absolute Gasteiger partial charge is 0.497 e. The van der Waals surface area contributed by atoms with Gasteiger partial charge in [0.1, 0.15) is 11.5 Å². The number of rotatable bonds is 4. The smallest absolute Gasteiger partial charge is 0.254 e. The SMILES string of the molecule is COc1cc(OC)cc(C(=O)N2CCC(n3nccn3)CC2)c1. The molecule has 122 valence electrons. The molecule has 7 nitrogen and oxygen atoms in total. The van der Waals surface area contributed by atoms with Crippen LogP contribution in [0.15, 0.2) is 30.6 Å². The van der Waals surface area contributed by atoms with Crippen LogP contribution in [0.2, 0.25) is 0 Å². The number of amides is 1. The van der Waals surface area contributed by atoms with Gasteiger partial charge in [0.15, 0.2) is 0 Å². The maximum absolute atomic E-state index is 12.7. The molecule has 0 saturated carbocycles. The first kappa shape index (κ1) is 15.3. The molecular formula is C16H20N4O3. The highest BCUT2D eigenvalue weighted by Crippen LogP contribution is 2.26. The molecule has 0 N–H and O–H groups in total. The average molecular weight is 316 g/mol. The average Bonchev–Trinajstić information content (AvgIpc) is 3.15. The van der Waals surface area contributed by atoms with Gasteiger partial charge in [0.2, 0.25) is 0 Å². The maximum atomic E-state index is 12.7. The van der Waals surface area contributed by atoms with Crippen molar-refractivity contribution in [2.45, 2.75) is 18.9 Å². The molecule has 3 rings (SSSR count). The minimum absolute atomic E-state index is 0.00549. The van der Waals surface area contributed by atoms with E-state index in [1.165, 1.54) is 0 Å². The van der Waals surface area contributed by atoms with E-state index in [9.17, 15) is 4.79 Å². The Labute approximate surface area is 134 Å². The van der Waals surface area contributed by atoms with Gasteiger partial charge in [-0.3, -0.25) is 4.79 Å². The van der Waals surface area contributed by atoms with Crippen molar-refractivity contribution < 1.29 is 14.3 Å². The lowest BCUT2D eigenvalue weighted by atomic mass is 10.0. The number of methoxy groups -OCH3 is 2. The van der Waals surface area contributed by atoms with E-state index >= 15 is 0 Å². The van der Waals surface area contributed by atoms with Gasteiger partial charge in [-0.2, -0.15) is 15.0 Å². The van der Waals surface area contributed by atoms with Crippen LogP contribution in [0, 0.1) is 0 Å². The van der Waals surface area contributed by atoms with Crippen molar-refractivity contribution in [2.75, 3.05) is 27.3 Å². The van der Waals surface area contributed by atoms with Gasteiger partial charge in [-0.25, -0.2) is 0 Å². The number of hydrogen-bond donors (Lipinski definition) is 0. The van der Waals surface area contributed by atoms with Crippen LogP contribution in [0.1, 0.15) is 29.2 Å². The molecule has 0 aliphatic carbocycles. The number of carbonyl (C=O) groups excluding carboxylic acids is 1. The summed E-state index contributed by atoms with van der Waals surface area (Å²) >= 11 is 0. The van der Waals surface area contributed by atoms with Crippen molar-refractivity contribution in [1.82, 2.24) is 19.9 Å². The summed E-state index contributed by atoms with van der Waals surface area (Å²) in [6.45, 7) is 1.37. The number of carbonyl (C=O) groups is 1. The topological polar surface area (TPSA) is 69.5 Å². The summed E-state index contributed by atoms with van der Waals surface area (Å²) in [4.78, 5) is 16.3. The summed E-state index contributed by atoms with van der Waals surface area (Å²) in [6.07, 6.45) is 5.06. The van der Waals surface area contributed by atoms with Crippen molar-refractivity contribution in [2.24, 2.45) is 0 Å². The van der Waals surface area contributed by atoms with E-state index in [-0.39, 0.29) is 11.9 Å². The van der Waals surface area contributed by atoms with Gasteiger partial charge < -0.3 is 14.4 Å². The summed E-state index contributed by atoms with van der Waals surface area (Å²) in [5.74, 6) is 1.22. The van der Waals surface area contributed by atoms with Crippen LogP contribution in [0.5, 0.6) is 11.5 Å². The van der Waals surface area contributed by atoms with Gasteiger partial charge in [-0.05, 0) is 25.0 Å². The fraction of sp³-hybridized carbons (Fsp3) is 0.438. The second-order valence-corrected chi connectivity index (χ2v) is 5.47. The monoisotopic (exact) mass is 316 g/mol. The van der Waals surface area contributed by atoms with E-state index in [4.69, 9.17) is 9.47 Å². The molecule has 2 aromatic rings. The number of hydrogen-bond acceptors (Lipinski definition) is 5. The molecule has 0 unspecified atom stereocenters. The van der Waals surface area contributed by atoms with Crippen molar-refractivity contribution in [3.63, 3.8) is 0 Å². The lowest BCUT2D eigenvalue weighted by Gasteiger charge is -2.31. The number of piperidine rings is 1. The Morgan fingerprint density at radius 1 is 1.04 bits per heavy atom. The zero-order valence-electron chi connectivity index (χ0n) is 13.3. The Hall–Kier alpha value is -2.57. The Balaban J connectivity index is 1.70. The fourth-order valence-electron chi connectivity index (χ4n) is 2.83. The Morgan fingerprint density at radius 3 is 2.13 bits per heavy atom. The predicted octanol–water partition coefficient (Wildman–Crippen LogP) is 1.77. The first-order valence-electron chi connectivity index (χ1n) is 7.59. The van der Waals surface area contributed by atoms with Crippen molar-refractivity contribution in [3.8, 4) is 11.5 Å². The molecule has 2 heterocycles. The van der Waals surface area contributed by atoms with Gasteiger partial charge in [-0.15, -0.1) is 0 Å². The molecular weight excluding hydrogens is 296 g/mol. The van der Waals surface area contributed by atoms with E-state index in [0.29, 0.717) is 30.2 Å².